The first-order valence-corrected chi connectivity index (χ1v) is 8.39. The largest absolute Gasteiger partial charge is 0.493 e. The summed E-state index contributed by atoms with van der Waals surface area (Å²) in [5, 5.41) is 10.8. The molecular formula is C18H21N5O4. The Bertz CT molecular complexity index is 931. The molecule has 0 saturated carbocycles. The van der Waals surface area contributed by atoms with Crippen LogP contribution >= 0.6 is 0 Å². The summed E-state index contributed by atoms with van der Waals surface area (Å²) < 4.78 is 17.4. The molecule has 27 heavy (non-hydrogen) atoms. The van der Waals surface area contributed by atoms with Gasteiger partial charge in [-0.2, -0.15) is 10.1 Å². The molecule has 3 aromatic rings. The fraction of sp³-hybridized carbons (Fsp3) is 0.333. The Hall–Kier alpha value is -3.36. The highest BCUT2D eigenvalue weighted by Crippen LogP contribution is 2.31. The van der Waals surface area contributed by atoms with Gasteiger partial charge in [-0.3, -0.25) is 9.48 Å². The first-order chi connectivity index (χ1) is 13.0. The molecule has 2 heterocycles. The second-order valence-corrected chi connectivity index (χ2v) is 6.07. The first-order valence-electron chi connectivity index (χ1n) is 8.39. The minimum Gasteiger partial charge on any atom is -0.493 e. The van der Waals surface area contributed by atoms with Gasteiger partial charge in [-0.1, -0.05) is 5.16 Å². The van der Waals surface area contributed by atoms with E-state index < -0.39 is 0 Å². The van der Waals surface area contributed by atoms with E-state index in [1.54, 1.807) is 43.3 Å². The van der Waals surface area contributed by atoms with E-state index >= 15 is 0 Å². The minimum atomic E-state index is -0.257. The monoisotopic (exact) mass is 371 g/mol. The van der Waals surface area contributed by atoms with Crippen molar-refractivity contribution in [1.82, 2.24) is 25.2 Å². The van der Waals surface area contributed by atoms with Crippen LogP contribution in [0.5, 0.6) is 11.5 Å². The predicted octanol–water partition coefficient (Wildman–Crippen LogP) is 2.46. The normalized spacial score (nSPS) is 10.9. The topological polar surface area (TPSA) is 104 Å². The molecule has 0 bridgehead atoms. The molecule has 9 heteroatoms. The summed E-state index contributed by atoms with van der Waals surface area (Å²) in [5.41, 5.74) is 1.19. The number of amides is 1. The smallest absolute Gasteiger partial charge is 0.254 e. The van der Waals surface area contributed by atoms with Gasteiger partial charge < -0.3 is 19.3 Å². The van der Waals surface area contributed by atoms with Gasteiger partial charge in [0.2, 0.25) is 11.7 Å². The van der Waals surface area contributed by atoms with Crippen molar-refractivity contribution in [3.05, 3.63) is 42.0 Å². The van der Waals surface area contributed by atoms with E-state index in [0.29, 0.717) is 34.3 Å². The molecule has 0 spiro atoms. The maximum Gasteiger partial charge on any atom is 0.254 e. The van der Waals surface area contributed by atoms with Crippen molar-refractivity contribution in [2.75, 3.05) is 14.2 Å². The minimum absolute atomic E-state index is 0.117. The van der Waals surface area contributed by atoms with Gasteiger partial charge in [0.25, 0.3) is 5.91 Å². The van der Waals surface area contributed by atoms with E-state index in [1.807, 2.05) is 13.8 Å². The molecule has 0 radical (unpaired) electrons. The van der Waals surface area contributed by atoms with Crippen LogP contribution in [-0.4, -0.2) is 40.0 Å². The van der Waals surface area contributed by atoms with Crippen LogP contribution in [-0.2, 0) is 6.54 Å². The standard InChI is InChI=1S/C18H21N5O4/c1-11(2)23-10-13(8-20-23)18(24)19-9-16-21-17(22-27-16)12-5-6-14(25-3)15(7-12)26-4/h5-8,10-11H,9H2,1-4H3,(H,19,24). The molecule has 1 N–H and O–H groups in total. The zero-order valence-electron chi connectivity index (χ0n) is 15.6. The van der Waals surface area contributed by atoms with E-state index in [0.717, 1.165) is 0 Å². The second-order valence-electron chi connectivity index (χ2n) is 6.07. The summed E-state index contributed by atoms with van der Waals surface area (Å²) in [6.45, 7) is 4.09. The Kier molecular flexibility index (Phi) is 5.39. The van der Waals surface area contributed by atoms with E-state index in [1.165, 1.54) is 6.20 Å². The van der Waals surface area contributed by atoms with Crippen LogP contribution in [0.25, 0.3) is 11.4 Å². The molecule has 0 unspecified atom stereocenters. The maximum atomic E-state index is 12.2. The van der Waals surface area contributed by atoms with Gasteiger partial charge in [0, 0.05) is 17.8 Å². The summed E-state index contributed by atoms with van der Waals surface area (Å²) in [7, 11) is 3.12. The van der Waals surface area contributed by atoms with Crippen LogP contribution in [0.3, 0.4) is 0 Å². The van der Waals surface area contributed by atoms with Gasteiger partial charge >= 0.3 is 0 Å². The van der Waals surface area contributed by atoms with Gasteiger partial charge in [-0.25, -0.2) is 0 Å². The first kappa shape index (κ1) is 18.4. The van der Waals surface area contributed by atoms with Crippen molar-refractivity contribution in [1.29, 1.82) is 0 Å². The van der Waals surface area contributed by atoms with Gasteiger partial charge in [-0.05, 0) is 32.0 Å². The van der Waals surface area contributed by atoms with E-state index in [-0.39, 0.29) is 18.5 Å². The van der Waals surface area contributed by atoms with Crippen molar-refractivity contribution in [3.63, 3.8) is 0 Å². The number of carbonyl (C=O) groups is 1. The number of aromatic nitrogens is 4. The summed E-state index contributed by atoms with van der Waals surface area (Å²) >= 11 is 0. The number of nitrogens with one attached hydrogen (secondary N) is 1. The summed E-state index contributed by atoms with van der Waals surface area (Å²) in [6, 6.07) is 5.51. The molecule has 142 valence electrons. The third-order valence-electron chi connectivity index (χ3n) is 3.90. The molecule has 0 fully saturated rings. The number of hydrogen-bond donors (Lipinski definition) is 1. The molecule has 0 aliphatic rings. The third-order valence-corrected chi connectivity index (χ3v) is 3.90. The zero-order chi connectivity index (χ0) is 19.4. The Morgan fingerprint density at radius 1 is 1.26 bits per heavy atom. The fourth-order valence-corrected chi connectivity index (χ4v) is 2.41. The molecule has 3 rings (SSSR count). The van der Waals surface area contributed by atoms with Crippen LogP contribution in [0.15, 0.2) is 35.1 Å². The van der Waals surface area contributed by atoms with Crippen molar-refractivity contribution < 1.29 is 18.8 Å². The fourth-order valence-electron chi connectivity index (χ4n) is 2.41. The quantitative estimate of drug-likeness (QED) is 0.680. The highest BCUT2D eigenvalue weighted by molar-refractivity contribution is 5.93. The lowest BCUT2D eigenvalue weighted by atomic mass is 10.2. The lowest BCUT2D eigenvalue weighted by Gasteiger charge is -2.07. The third kappa shape index (κ3) is 4.08. The highest BCUT2D eigenvalue weighted by atomic mass is 16.5. The molecule has 0 atom stereocenters. The Morgan fingerprint density at radius 2 is 2.04 bits per heavy atom. The number of ether oxygens (including phenoxy) is 2. The molecule has 0 saturated heterocycles. The van der Waals surface area contributed by atoms with Gasteiger partial charge in [0.05, 0.1) is 32.5 Å². The van der Waals surface area contributed by atoms with Crippen LogP contribution in [0.2, 0.25) is 0 Å². The average Bonchev–Trinajstić information content (AvgIpc) is 3.35. The molecule has 1 aromatic carbocycles. The number of benzene rings is 1. The number of hydrogen-bond acceptors (Lipinski definition) is 7. The zero-order valence-corrected chi connectivity index (χ0v) is 15.6. The average molecular weight is 371 g/mol. The maximum absolute atomic E-state index is 12.2. The van der Waals surface area contributed by atoms with Gasteiger partial charge in [0.1, 0.15) is 0 Å². The SMILES string of the molecule is COc1ccc(-c2noc(CNC(=O)c3cnn(C(C)C)c3)n2)cc1OC. The molecule has 2 aromatic heterocycles. The van der Waals surface area contributed by atoms with E-state index in [4.69, 9.17) is 14.0 Å². The Balaban J connectivity index is 1.66. The lowest BCUT2D eigenvalue weighted by Crippen LogP contribution is -2.22. The summed E-state index contributed by atoms with van der Waals surface area (Å²) in [5.74, 6) is 1.61. The van der Waals surface area contributed by atoms with E-state index in [2.05, 4.69) is 20.6 Å². The molecular weight excluding hydrogens is 350 g/mol. The lowest BCUT2D eigenvalue weighted by molar-refractivity contribution is 0.0946. The Labute approximate surface area is 156 Å². The van der Waals surface area contributed by atoms with Crippen LogP contribution in [0, 0.1) is 0 Å². The molecule has 0 aliphatic carbocycles. The molecule has 9 nitrogen and oxygen atoms in total. The molecule has 0 aliphatic heterocycles. The van der Waals surface area contributed by atoms with Crippen LogP contribution < -0.4 is 14.8 Å². The van der Waals surface area contributed by atoms with Crippen molar-refractivity contribution in [2.45, 2.75) is 26.4 Å². The van der Waals surface area contributed by atoms with Crippen LogP contribution in [0.1, 0.15) is 36.1 Å². The number of carbonyl (C=O) groups excluding carboxylic acids is 1. The number of nitrogens with zero attached hydrogens (tertiary/aromatic N) is 4. The van der Waals surface area contributed by atoms with E-state index in [9.17, 15) is 4.79 Å². The number of rotatable bonds is 7. The molecule has 1 amide bonds. The summed E-state index contributed by atoms with van der Waals surface area (Å²) in [4.78, 5) is 16.5. The van der Waals surface area contributed by atoms with Crippen molar-refractivity contribution in [2.24, 2.45) is 0 Å². The van der Waals surface area contributed by atoms with Crippen LogP contribution in [0.4, 0.5) is 0 Å². The highest BCUT2D eigenvalue weighted by Gasteiger charge is 2.14. The van der Waals surface area contributed by atoms with Crippen molar-refractivity contribution >= 4 is 5.91 Å². The number of methoxy groups -OCH3 is 2. The van der Waals surface area contributed by atoms with Gasteiger partial charge in [0.15, 0.2) is 11.5 Å². The predicted molar refractivity (Wildman–Crippen MR) is 96.6 cm³/mol. The summed E-state index contributed by atoms with van der Waals surface area (Å²) in [6.07, 6.45) is 3.22. The van der Waals surface area contributed by atoms with Gasteiger partial charge in [-0.15, -0.1) is 0 Å². The Morgan fingerprint density at radius 3 is 2.70 bits per heavy atom. The van der Waals surface area contributed by atoms with Crippen molar-refractivity contribution in [3.8, 4) is 22.9 Å². The second kappa shape index (κ2) is 7.90.